The first-order valence-corrected chi connectivity index (χ1v) is 6.12. The minimum Gasteiger partial charge on any atom is -0.309 e. The lowest BCUT2D eigenvalue weighted by Gasteiger charge is -2.34. The van der Waals surface area contributed by atoms with Crippen molar-refractivity contribution in [2.24, 2.45) is 5.41 Å². The molecule has 15 heavy (non-hydrogen) atoms. The van der Waals surface area contributed by atoms with Crippen molar-refractivity contribution >= 4 is 0 Å². The van der Waals surface area contributed by atoms with E-state index in [1.165, 1.54) is 37.1 Å². The zero-order chi connectivity index (χ0) is 9.88. The molecular formula is C12H17N3. The molecule has 2 aliphatic carbocycles. The maximum absolute atomic E-state index is 4.74. The lowest BCUT2D eigenvalue weighted by Crippen LogP contribution is -2.28. The van der Waals surface area contributed by atoms with Gasteiger partial charge in [0.1, 0.15) is 0 Å². The zero-order valence-corrected chi connectivity index (χ0v) is 9.00. The summed E-state index contributed by atoms with van der Waals surface area (Å²) in [5, 5.41) is 8.14. The van der Waals surface area contributed by atoms with E-state index in [1.807, 2.05) is 0 Å². The lowest BCUT2D eigenvalue weighted by atomic mass is 9.70. The molecule has 0 atom stereocenters. The minimum absolute atomic E-state index is 0.783. The predicted octanol–water partition coefficient (Wildman–Crippen LogP) is 1.64. The van der Waals surface area contributed by atoms with E-state index in [2.05, 4.69) is 16.1 Å². The molecule has 1 aliphatic heterocycles. The molecule has 3 aliphatic rings. The second-order valence-corrected chi connectivity index (χ2v) is 5.57. The van der Waals surface area contributed by atoms with Gasteiger partial charge in [-0.2, -0.15) is 5.10 Å². The Hall–Kier alpha value is -0.830. The Morgan fingerprint density at radius 3 is 3.00 bits per heavy atom. The van der Waals surface area contributed by atoms with Gasteiger partial charge in [-0.15, -0.1) is 0 Å². The number of hydrogen-bond donors (Lipinski definition) is 1. The number of rotatable bonds is 1. The van der Waals surface area contributed by atoms with Gasteiger partial charge in [0.15, 0.2) is 0 Å². The molecule has 1 N–H and O–H groups in total. The van der Waals surface area contributed by atoms with Crippen LogP contribution in [0.1, 0.15) is 43.0 Å². The molecule has 1 aromatic heterocycles. The largest absolute Gasteiger partial charge is 0.309 e. The summed E-state index contributed by atoms with van der Waals surface area (Å²) in [4.78, 5) is 0. The third-order valence-corrected chi connectivity index (χ3v) is 4.42. The van der Waals surface area contributed by atoms with Crippen LogP contribution in [0.4, 0.5) is 0 Å². The Morgan fingerprint density at radius 2 is 2.27 bits per heavy atom. The quantitative estimate of drug-likeness (QED) is 0.752. The molecule has 2 heterocycles. The van der Waals surface area contributed by atoms with E-state index >= 15 is 0 Å². The first-order chi connectivity index (χ1) is 7.35. The molecule has 3 heteroatoms. The van der Waals surface area contributed by atoms with Crippen LogP contribution in [0.2, 0.25) is 0 Å². The van der Waals surface area contributed by atoms with Crippen LogP contribution in [0.5, 0.6) is 0 Å². The molecular weight excluding hydrogens is 186 g/mol. The Kier molecular flexibility index (Phi) is 1.47. The molecule has 4 rings (SSSR count). The average molecular weight is 203 g/mol. The molecule has 0 aromatic carbocycles. The fourth-order valence-electron chi connectivity index (χ4n) is 3.19. The normalized spacial score (nSPS) is 27.5. The molecule has 0 bridgehead atoms. The van der Waals surface area contributed by atoms with E-state index in [0.29, 0.717) is 0 Å². The SMILES string of the molecule is c1c(C2CC3(CC3)C2)nn2c1CNCC2. The van der Waals surface area contributed by atoms with Crippen LogP contribution in [-0.2, 0) is 13.1 Å². The van der Waals surface area contributed by atoms with Crippen LogP contribution in [0.3, 0.4) is 0 Å². The molecule has 2 fully saturated rings. The Balaban J connectivity index is 1.58. The molecule has 1 spiro atoms. The van der Waals surface area contributed by atoms with Gasteiger partial charge in [-0.25, -0.2) is 0 Å². The van der Waals surface area contributed by atoms with Gasteiger partial charge in [-0.05, 0) is 37.2 Å². The molecule has 0 amide bonds. The van der Waals surface area contributed by atoms with Crippen LogP contribution < -0.4 is 5.32 Å². The zero-order valence-electron chi connectivity index (χ0n) is 9.00. The monoisotopic (exact) mass is 203 g/mol. The first kappa shape index (κ1) is 8.34. The van der Waals surface area contributed by atoms with Crippen molar-refractivity contribution in [3.63, 3.8) is 0 Å². The minimum atomic E-state index is 0.783. The van der Waals surface area contributed by atoms with Gasteiger partial charge in [-0.3, -0.25) is 4.68 Å². The van der Waals surface area contributed by atoms with E-state index in [-0.39, 0.29) is 0 Å². The fraction of sp³-hybridized carbons (Fsp3) is 0.750. The van der Waals surface area contributed by atoms with Crippen molar-refractivity contribution < 1.29 is 0 Å². The molecule has 0 unspecified atom stereocenters. The van der Waals surface area contributed by atoms with E-state index in [9.17, 15) is 0 Å². The predicted molar refractivity (Wildman–Crippen MR) is 57.6 cm³/mol. The van der Waals surface area contributed by atoms with E-state index in [4.69, 9.17) is 5.10 Å². The summed E-state index contributed by atoms with van der Waals surface area (Å²) in [6.45, 7) is 3.13. The molecule has 80 valence electrons. The van der Waals surface area contributed by atoms with Crippen molar-refractivity contribution in [2.45, 2.75) is 44.7 Å². The van der Waals surface area contributed by atoms with Crippen molar-refractivity contribution in [3.8, 4) is 0 Å². The molecule has 1 aromatic rings. The molecule has 3 nitrogen and oxygen atoms in total. The standard InChI is InChI=1S/C12H17N3/c1-2-12(1)6-9(7-12)11-5-10-8-13-3-4-15(10)14-11/h5,9,13H,1-4,6-8H2. The fourth-order valence-corrected chi connectivity index (χ4v) is 3.19. The van der Waals surface area contributed by atoms with Gasteiger partial charge in [0, 0.05) is 19.0 Å². The number of aromatic nitrogens is 2. The second kappa shape index (κ2) is 2.64. The third-order valence-electron chi connectivity index (χ3n) is 4.42. The smallest absolute Gasteiger partial charge is 0.0659 e. The molecule has 0 saturated heterocycles. The summed E-state index contributed by atoms with van der Waals surface area (Å²) in [6.07, 6.45) is 5.80. The first-order valence-electron chi connectivity index (χ1n) is 6.12. The van der Waals surface area contributed by atoms with Crippen molar-refractivity contribution in [2.75, 3.05) is 6.54 Å². The van der Waals surface area contributed by atoms with Gasteiger partial charge in [0.2, 0.25) is 0 Å². The van der Waals surface area contributed by atoms with Crippen molar-refractivity contribution in [1.82, 2.24) is 15.1 Å². The second-order valence-electron chi connectivity index (χ2n) is 5.57. The molecule has 0 radical (unpaired) electrons. The van der Waals surface area contributed by atoms with Gasteiger partial charge < -0.3 is 5.32 Å². The van der Waals surface area contributed by atoms with Gasteiger partial charge >= 0.3 is 0 Å². The summed E-state index contributed by atoms with van der Waals surface area (Å²) in [5.74, 6) is 0.783. The summed E-state index contributed by atoms with van der Waals surface area (Å²) >= 11 is 0. The Bertz CT molecular complexity index is 371. The summed E-state index contributed by atoms with van der Waals surface area (Å²) in [5.41, 5.74) is 3.55. The van der Waals surface area contributed by atoms with Crippen LogP contribution in [-0.4, -0.2) is 16.3 Å². The van der Waals surface area contributed by atoms with Gasteiger partial charge in [0.05, 0.1) is 17.9 Å². The van der Waals surface area contributed by atoms with E-state index in [1.54, 1.807) is 0 Å². The molecule has 2 saturated carbocycles. The highest BCUT2D eigenvalue weighted by atomic mass is 15.3. The van der Waals surface area contributed by atoms with Crippen molar-refractivity contribution in [1.29, 1.82) is 0 Å². The van der Waals surface area contributed by atoms with Crippen LogP contribution >= 0.6 is 0 Å². The topological polar surface area (TPSA) is 29.9 Å². The summed E-state index contributed by atoms with van der Waals surface area (Å²) in [7, 11) is 0. The highest BCUT2D eigenvalue weighted by Gasteiger charge is 2.53. The lowest BCUT2D eigenvalue weighted by molar-refractivity contribution is 0.232. The van der Waals surface area contributed by atoms with Gasteiger partial charge in [0.25, 0.3) is 0 Å². The highest BCUT2D eigenvalue weighted by molar-refractivity contribution is 5.22. The van der Waals surface area contributed by atoms with Crippen LogP contribution in [0.15, 0.2) is 6.07 Å². The maximum Gasteiger partial charge on any atom is 0.0659 e. The van der Waals surface area contributed by atoms with Crippen LogP contribution in [0.25, 0.3) is 0 Å². The van der Waals surface area contributed by atoms with E-state index in [0.717, 1.165) is 31.0 Å². The maximum atomic E-state index is 4.74. The number of hydrogen-bond acceptors (Lipinski definition) is 2. The number of nitrogens with one attached hydrogen (secondary N) is 1. The van der Waals surface area contributed by atoms with Gasteiger partial charge in [-0.1, -0.05) is 0 Å². The summed E-state index contributed by atoms with van der Waals surface area (Å²) < 4.78 is 2.20. The third kappa shape index (κ3) is 1.19. The Morgan fingerprint density at radius 1 is 1.40 bits per heavy atom. The average Bonchev–Trinajstić information content (AvgIpc) is 2.89. The summed E-state index contributed by atoms with van der Waals surface area (Å²) in [6, 6.07) is 2.33. The van der Waals surface area contributed by atoms with E-state index < -0.39 is 0 Å². The van der Waals surface area contributed by atoms with Crippen molar-refractivity contribution in [3.05, 3.63) is 17.5 Å². The number of fused-ring (bicyclic) bond motifs is 1. The highest BCUT2D eigenvalue weighted by Crippen LogP contribution is 2.65. The Labute approximate surface area is 89.9 Å². The number of nitrogens with zero attached hydrogens (tertiary/aromatic N) is 2. The van der Waals surface area contributed by atoms with Crippen LogP contribution in [0, 0.1) is 5.41 Å².